The van der Waals surface area contributed by atoms with Gasteiger partial charge in [0.2, 0.25) is 0 Å². The lowest BCUT2D eigenvalue weighted by Gasteiger charge is -2.16. The number of carbonyl (C=O) groups is 2. The van der Waals surface area contributed by atoms with Crippen molar-refractivity contribution in [1.29, 1.82) is 0 Å². The minimum absolute atomic E-state index is 0.212. The number of amides is 1. The summed E-state index contributed by atoms with van der Waals surface area (Å²) in [5.41, 5.74) is 2.89. The Hall–Kier alpha value is -3.08. The number of nitrogens with zero attached hydrogens (tertiary/aromatic N) is 1. The molecule has 0 N–H and O–H groups in total. The first-order valence-electron chi connectivity index (χ1n) is 8.04. The maximum absolute atomic E-state index is 12.3. The zero-order valence-electron chi connectivity index (χ0n) is 14.0. The molecule has 1 heterocycles. The quantitative estimate of drug-likeness (QED) is 0.622. The lowest BCUT2D eigenvalue weighted by Crippen LogP contribution is -2.33. The van der Waals surface area contributed by atoms with Crippen molar-refractivity contribution >= 4 is 23.6 Å². The van der Waals surface area contributed by atoms with Crippen LogP contribution in [0.4, 0.5) is 5.69 Å². The number of hydrogen-bond donors (Lipinski definition) is 0. The first-order valence-corrected chi connectivity index (χ1v) is 8.04. The topological polar surface area (TPSA) is 55.8 Å². The van der Waals surface area contributed by atoms with Crippen LogP contribution in [-0.2, 0) is 20.7 Å². The summed E-state index contributed by atoms with van der Waals surface area (Å²) in [6.45, 7) is 0.359. The van der Waals surface area contributed by atoms with Crippen molar-refractivity contribution in [2.45, 2.75) is 6.42 Å². The Labute approximate surface area is 146 Å². The van der Waals surface area contributed by atoms with Gasteiger partial charge in [-0.1, -0.05) is 30.3 Å². The lowest BCUT2D eigenvalue weighted by molar-refractivity contribution is -0.142. The summed E-state index contributed by atoms with van der Waals surface area (Å²) in [4.78, 5) is 25.7. The number of methoxy groups -OCH3 is 1. The van der Waals surface area contributed by atoms with Gasteiger partial charge >= 0.3 is 5.97 Å². The number of ether oxygens (including phenoxy) is 2. The number of carbonyl (C=O) groups excluding carboxylic acids is 2. The summed E-state index contributed by atoms with van der Waals surface area (Å²) in [7, 11) is 1.60. The summed E-state index contributed by atoms with van der Waals surface area (Å²) in [6, 6.07) is 15.0. The van der Waals surface area contributed by atoms with Crippen LogP contribution in [0.3, 0.4) is 0 Å². The maximum atomic E-state index is 12.3. The van der Waals surface area contributed by atoms with Crippen molar-refractivity contribution in [3.8, 4) is 5.75 Å². The second kappa shape index (κ2) is 7.66. The molecule has 5 heteroatoms. The average molecular weight is 337 g/mol. The molecule has 128 valence electrons. The van der Waals surface area contributed by atoms with Gasteiger partial charge in [-0.05, 0) is 41.8 Å². The third-order valence-corrected chi connectivity index (χ3v) is 4.05. The Bertz CT molecular complexity index is 796. The van der Waals surface area contributed by atoms with Crippen molar-refractivity contribution in [3.63, 3.8) is 0 Å². The molecule has 1 aliphatic heterocycles. The summed E-state index contributed by atoms with van der Waals surface area (Å²) in [5.74, 6) is -0.0102. The molecule has 25 heavy (non-hydrogen) atoms. The highest BCUT2D eigenvalue weighted by molar-refractivity contribution is 5.98. The standard InChI is InChI=1S/C20H19NO4/c1-24-17-9-6-15(7-10-17)8-11-20(23)25-14-19(22)21-13-12-16-4-2-3-5-18(16)21/h2-11H,12-14H2,1H3. The Balaban J connectivity index is 1.52. The Morgan fingerprint density at radius 2 is 1.88 bits per heavy atom. The number of anilines is 1. The molecule has 0 saturated carbocycles. The van der Waals surface area contributed by atoms with Gasteiger partial charge in [0.25, 0.3) is 5.91 Å². The highest BCUT2D eigenvalue weighted by atomic mass is 16.5. The number of para-hydroxylation sites is 1. The SMILES string of the molecule is COc1ccc(C=CC(=O)OCC(=O)N2CCc3ccccc32)cc1. The zero-order valence-corrected chi connectivity index (χ0v) is 14.0. The number of hydrogen-bond acceptors (Lipinski definition) is 4. The molecule has 5 nitrogen and oxygen atoms in total. The van der Waals surface area contributed by atoms with Crippen molar-refractivity contribution in [1.82, 2.24) is 0 Å². The predicted molar refractivity (Wildman–Crippen MR) is 95.5 cm³/mol. The van der Waals surface area contributed by atoms with Gasteiger partial charge in [-0.3, -0.25) is 4.79 Å². The van der Waals surface area contributed by atoms with Crippen molar-refractivity contribution in [2.24, 2.45) is 0 Å². The van der Waals surface area contributed by atoms with E-state index in [1.807, 2.05) is 36.4 Å². The van der Waals surface area contributed by atoms with E-state index < -0.39 is 5.97 Å². The predicted octanol–water partition coefficient (Wildman–Crippen LogP) is 2.84. The molecular weight excluding hydrogens is 318 g/mol. The smallest absolute Gasteiger partial charge is 0.331 e. The largest absolute Gasteiger partial charge is 0.497 e. The molecule has 0 unspecified atom stereocenters. The molecule has 0 spiro atoms. The second-order valence-corrected chi connectivity index (χ2v) is 5.64. The van der Waals surface area contributed by atoms with E-state index in [2.05, 4.69) is 0 Å². The summed E-state index contributed by atoms with van der Waals surface area (Å²) < 4.78 is 10.1. The minimum Gasteiger partial charge on any atom is -0.497 e. The third kappa shape index (κ3) is 4.07. The van der Waals surface area contributed by atoms with Crippen LogP contribution in [0.5, 0.6) is 5.75 Å². The molecule has 0 saturated heterocycles. The Kier molecular flexibility index (Phi) is 5.14. The van der Waals surface area contributed by atoms with Crippen LogP contribution in [-0.4, -0.2) is 32.1 Å². The van der Waals surface area contributed by atoms with Crippen LogP contribution in [0.1, 0.15) is 11.1 Å². The molecule has 0 aromatic heterocycles. The fraction of sp³-hybridized carbons (Fsp3) is 0.200. The Morgan fingerprint density at radius 1 is 1.12 bits per heavy atom. The van der Waals surface area contributed by atoms with Gasteiger partial charge in [-0.25, -0.2) is 4.79 Å². The van der Waals surface area contributed by atoms with Crippen molar-refractivity contribution in [3.05, 3.63) is 65.7 Å². The molecule has 3 rings (SSSR count). The van der Waals surface area contributed by atoms with Crippen LogP contribution in [0.25, 0.3) is 6.08 Å². The van der Waals surface area contributed by atoms with Crippen LogP contribution in [0.15, 0.2) is 54.6 Å². The molecule has 0 radical (unpaired) electrons. The number of fused-ring (bicyclic) bond motifs is 1. The monoisotopic (exact) mass is 337 g/mol. The van der Waals surface area contributed by atoms with E-state index in [4.69, 9.17) is 9.47 Å². The number of esters is 1. The first-order chi connectivity index (χ1) is 12.2. The molecule has 1 amide bonds. The maximum Gasteiger partial charge on any atom is 0.331 e. The molecule has 0 bridgehead atoms. The molecule has 1 aliphatic rings. The highest BCUT2D eigenvalue weighted by Gasteiger charge is 2.24. The fourth-order valence-electron chi connectivity index (χ4n) is 2.74. The summed E-state index contributed by atoms with van der Waals surface area (Å²) in [5, 5.41) is 0. The molecule has 0 atom stereocenters. The van der Waals surface area contributed by atoms with Gasteiger partial charge in [0.1, 0.15) is 5.75 Å². The van der Waals surface area contributed by atoms with E-state index in [9.17, 15) is 9.59 Å². The van der Waals surface area contributed by atoms with E-state index in [0.717, 1.165) is 29.0 Å². The van der Waals surface area contributed by atoms with Crippen LogP contribution < -0.4 is 9.64 Å². The lowest BCUT2D eigenvalue weighted by atomic mass is 10.2. The van der Waals surface area contributed by atoms with E-state index >= 15 is 0 Å². The van der Waals surface area contributed by atoms with Gasteiger partial charge in [-0.15, -0.1) is 0 Å². The van der Waals surface area contributed by atoms with Crippen molar-refractivity contribution < 1.29 is 19.1 Å². The number of benzene rings is 2. The molecule has 2 aromatic carbocycles. The van der Waals surface area contributed by atoms with E-state index in [-0.39, 0.29) is 12.5 Å². The fourth-order valence-corrected chi connectivity index (χ4v) is 2.74. The average Bonchev–Trinajstić information content (AvgIpc) is 3.09. The second-order valence-electron chi connectivity index (χ2n) is 5.64. The molecule has 0 fully saturated rings. The summed E-state index contributed by atoms with van der Waals surface area (Å²) >= 11 is 0. The van der Waals surface area contributed by atoms with Gasteiger partial charge in [-0.2, -0.15) is 0 Å². The Morgan fingerprint density at radius 3 is 2.64 bits per heavy atom. The van der Waals surface area contributed by atoms with Crippen molar-refractivity contribution in [2.75, 3.05) is 25.2 Å². The minimum atomic E-state index is -0.545. The van der Waals surface area contributed by atoms with Gasteiger partial charge < -0.3 is 14.4 Å². The van der Waals surface area contributed by atoms with Crippen LogP contribution in [0, 0.1) is 0 Å². The van der Waals surface area contributed by atoms with Gasteiger partial charge in [0.15, 0.2) is 6.61 Å². The normalized spacial score (nSPS) is 12.9. The van der Waals surface area contributed by atoms with Crippen LogP contribution in [0.2, 0.25) is 0 Å². The van der Waals surface area contributed by atoms with E-state index in [0.29, 0.717) is 6.54 Å². The van der Waals surface area contributed by atoms with Gasteiger partial charge in [0.05, 0.1) is 7.11 Å². The molecule has 2 aromatic rings. The highest BCUT2D eigenvalue weighted by Crippen LogP contribution is 2.27. The number of rotatable bonds is 5. The van der Waals surface area contributed by atoms with E-state index in [1.54, 1.807) is 30.2 Å². The molecular formula is C20H19NO4. The van der Waals surface area contributed by atoms with Crippen LogP contribution >= 0.6 is 0 Å². The van der Waals surface area contributed by atoms with E-state index in [1.165, 1.54) is 6.08 Å². The summed E-state index contributed by atoms with van der Waals surface area (Å²) in [6.07, 6.45) is 3.78. The first kappa shape index (κ1) is 16.8. The zero-order chi connectivity index (χ0) is 17.6. The third-order valence-electron chi connectivity index (χ3n) is 4.05. The molecule has 0 aliphatic carbocycles. The van der Waals surface area contributed by atoms with Gasteiger partial charge in [0, 0.05) is 18.3 Å².